The lowest BCUT2D eigenvalue weighted by Gasteiger charge is -2.36. The monoisotopic (exact) mass is 498 g/mol. The lowest BCUT2D eigenvalue weighted by molar-refractivity contribution is -0.189. The Bertz CT molecular complexity index is 909. The van der Waals surface area contributed by atoms with Crippen molar-refractivity contribution in [2.75, 3.05) is 20.8 Å². The summed E-state index contributed by atoms with van der Waals surface area (Å²) in [5.41, 5.74) is 0.527. The molecule has 1 aromatic carbocycles. The van der Waals surface area contributed by atoms with E-state index >= 15 is 0 Å². The maximum absolute atomic E-state index is 13.7. The molecule has 0 N–H and O–H groups in total. The molecule has 4 rings (SSSR count). The molecule has 1 heterocycles. The number of likely N-dealkylation sites (tertiary alicyclic amines) is 1. The third-order valence-corrected chi connectivity index (χ3v) is 7.66. The largest absolute Gasteiger partial charge is 0.497 e. The van der Waals surface area contributed by atoms with Crippen LogP contribution in [0.2, 0.25) is 0 Å². The number of fused-ring (bicyclic) bond motifs is 1. The molecule has 0 spiro atoms. The predicted molar refractivity (Wildman–Crippen MR) is 121 cm³/mol. The van der Waals surface area contributed by atoms with E-state index in [-0.39, 0.29) is 25.7 Å². The number of halogens is 3. The van der Waals surface area contributed by atoms with Crippen molar-refractivity contribution in [3.05, 3.63) is 29.8 Å². The summed E-state index contributed by atoms with van der Waals surface area (Å²) in [6.07, 6.45) is -1.33. The van der Waals surface area contributed by atoms with E-state index in [0.717, 1.165) is 30.1 Å². The number of ether oxygens (including phenoxy) is 3. The molecule has 1 aliphatic heterocycles. The zero-order valence-corrected chi connectivity index (χ0v) is 20.3. The smallest absolute Gasteiger partial charge is 0.471 e. The highest BCUT2D eigenvalue weighted by molar-refractivity contribution is 5.82. The summed E-state index contributed by atoms with van der Waals surface area (Å²) in [5, 5.41) is 0. The Labute approximate surface area is 203 Å². The normalized spacial score (nSPS) is 29.9. The van der Waals surface area contributed by atoms with E-state index in [4.69, 9.17) is 14.2 Å². The first-order valence-corrected chi connectivity index (χ1v) is 12.1. The van der Waals surface area contributed by atoms with Gasteiger partial charge < -0.3 is 19.1 Å². The third kappa shape index (κ3) is 5.68. The van der Waals surface area contributed by atoms with Crippen molar-refractivity contribution in [3.8, 4) is 5.75 Å². The Morgan fingerprint density at radius 3 is 2.37 bits per heavy atom. The number of alkyl halides is 3. The zero-order valence-electron chi connectivity index (χ0n) is 20.3. The molecule has 1 aromatic rings. The van der Waals surface area contributed by atoms with Crippen molar-refractivity contribution in [3.63, 3.8) is 0 Å². The van der Waals surface area contributed by atoms with Crippen LogP contribution in [-0.2, 0) is 20.8 Å². The van der Waals surface area contributed by atoms with Gasteiger partial charge in [0.05, 0.1) is 39.0 Å². The van der Waals surface area contributed by atoms with Crippen molar-refractivity contribution >= 4 is 12.0 Å². The predicted octanol–water partition coefficient (Wildman–Crippen LogP) is 4.39. The van der Waals surface area contributed by atoms with Crippen LogP contribution in [0.25, 0.3) is 0 Å². The van der Waals surface area contributed by atoms with E-state index in [9.17, 15) is 22.8 Å². The van der Waals surface area contributed by atoms with Crippen LogP contribution in [0.15, 0.2) is 24.3 Å². The van der Waals surface area contributed by atoms with Gasteiger partial charge in [-0.25, -0.2) is 4.79 Å². The number of benzene rings is 1. The minimum atomic E-state index is -5.05. The number of nitrogens with zero attached hydrogens (tertiary/aromatic N) is 2. The first-order valence-electron chi connectivity index (χ1n) is 12.1. The molecular weight excluding hydrogens is 465 g/mol. The number of hydrogen-bond donors (Lipinski definition) is 0. The van der Waals surface area contributed by atoms with Crippen LogP contribution in [0.5, 0.6) is 5.75 Å². The molecule has 3 aliphatic rings. The van der Waals surface area contributed by atoms with Gasteiger partial charge in [0.1, 0.15) is 5.75 Å². The van der Waals surface area contributed by atoms with Gasteiger partial charge in [0, 0.05) is 12.6 Å². The number of rotatable bonds is 7. The Morgan fingerprint density at radius 2 is 1.77 bits per heavy atom. The minimum absolute atomic E-state index is 0.0168. The topological polar surface area (TPSA) is 68.3 Å². The van der Waals surface area contributed by atoms with Gasteiger partial charge in [0.2, 0.25) is 0 Å². The quantitative estimate of drug-likeness (QED) is 0.558. The first kappa shape index (κ1) is 25.6. The van der Waals surface area contributed by atoms with Gasteiger partial charge in [-0.1, -0.05) is 12.1 Å². The molecule has 35 heavy (non-hydrogen) atoms. The minimum Gasteiger partial charge on any atom is -0.497 e. The number of amides is 2. The number of methoxy groups -OCH3 is 2. The van der Waals surface area contributed by atoms with Crippen molar-refractivity contribution in [1.82, 2.24) is 9.80 Å². The highest BCUT2D eigenvalue weighted by Crippen LogP contribution is 2.50. The SMILES string of the molecule is COC(=O)N1[C@H](C)C[C@H](N(Cc2ccc(OC)cc2)C(=O)C(F)(F)F)[C@@H]1COC1CCC2CC2C1. The molecule has 0 aromatic heterocycles. The Balaban J connectivity index is 1.59. The fourth-order valence-corrected chi connectivity index (χ4v) is 5.70. The molecule has 0 radical (unpaired) electrons. The summed E-state index contributed by atoms with van der Waals surface area (Å²) in [6.45, 7) is 1.55. The van der Waals surface area contributed by atoms with Gasteiger partial charge in [-0.3, -0.25) is 9.69 Å². The van der Waals surface area contributed by atoms with Gasteiger partial charge in [-0.05, 0) is 68.6 Å². The van der Waals surface area contributed by atoms with Crippen LogP contribution in [0.1, 0.15) is 44.6 Å². The second-order valence-electron chi connectivity index (χ2n) is 9.90. The second kappa shape index (κ2) is 10.2. The van der Waals surface area contributed by atoms with Crippen LogP contribution >= 0.6 is 0 Å². The molecule has 2 saturated carbocycles. The van der Waals surface area contributed by atoms with Crippen LogP contribution in [0.4, 0.5) is 18.0 Å². The standard InChI is InChI=1S/C25H33F3N2O5/c1-15-10-21(29(23(31)25(26,27)28)13-16-4-7-19(33-2)8-5-16)22(30(15)24(32)34-3)14-35-20-9-6-17-11-18(17)12-20/h4-5,7-8,15,17-18,20-22H,6,9-14H2,1-3H3/t15-,17?,18?,20?,21+,22+/m1/s1. The van der Waals surface area contributed by atoms with Gasteiger partial charge >= 0.3 is 18.2 Å². The first-order chi connectivity index (χ1) is 16.6. The molecular formula is C25H33F3N2O5. The van der Waals surface area contributed by atoms with Crippen LogP contribution < -0.4 is 4.74 Å². The van der Waals surface area contributed by atoms with Gasteiger partial charge in [-0.15, -0.1) is 0 Å². The molecule has 3 fully saturated rings. The van der Waals surface area contributed by atoms with E-state index in [1.165, 1.54) is 25.5 Å². The zero-order chi connectivity index (χ0) is 25.3. The van der Waals surface area contributed by atoms with Crippen LogP contribution in [0, 0.1) is 11.8 Å². The van der Waals surface area contributed by atoms with Crippen molar-refractivity contribution in [1.29, 1.82) is 0 Å². The Morgan fingerprint density at radius 1 is 1.06 bits per heavy atom. The van der Waals surface area contributed by atoms with Crippen LogP contribution in [-0.4, -0.2) is 73.0 Å². The summed E-state index contributed by atoms with van der Waals surface area (Å²) in [6, 6.07) is 4.49. The van der Waals surface area contributed by atoms with E-state index in [1.807, 2.05) is 0 Å². The summed E-state index contributed by atoms with van der Waals surface area (Å²) in [7, 11) is 2.74. The molecule has 2 aliphatic carbocycles. The lowest BCUT2D eigenvalue weighted by atomic mass is 9.97. The fraction of sp³-hybridized carbons (Fsp3) is 0.680. The van der Waals surface area contributed by atoms with Crippen molar-refractivity contribution in [2.24, 2.45) is 11.8 Å². The third-order valence-electron chi connectivity index (χ3n) is 7.66. The highest BCUT2D eigenvalue weighted by atomic mass is 19.4. The average molecular weight is 499 g/mol. The molecule has 0 bridgehead atoms. The molecule has 1 saturated heterocycles. The average Bonchev–Trinajstić information content (AvgIpc) is 3.54. The molecule has 3 unspecified atom stereocenters. The Hall–Kier alpha value is -2.49. The van der Waals surface area contributed by atoms with Crippen LogP contribution in [0.3, 0.4) is 0 Å². The molecule has 194 valence electrons. The highest BCUT2D eigenvalue weighted by Gasteiger charge is 2.52. The maximum atomic E-state index is 13.7. The van der Waals surface area contributed by atoms with Gasteiger partial charge in [-0.2, -0.15) is 13.2 Å². The van der Waals surface area contributed by atoms with Gasteiger partial charge in [0.15, 0.2) is 0 Å². The molecule has 6 atom stereocenters. The van der Waals surface area contributed by atoms with E-state index < -0.39 is 36.3 Å². The number of carbonyl (C=O) groups excluding carboxylic acids is 2. The summed E-state index contributed by atoms with van der Waals surface area (Å²) in [4.78, 5) is 27.5. The van der Waals surface area contributed by atoms with Crippen molar-refractivity contribution in [2.45, 2.75) is 76.0 Å². The summed E-state index contributed by atoms with van der Waals surface area (Å²) in [5.74, 6) is 0.0818. The fourth-order valence-electron chi connectivity index (χ4n) is 5.70. The van der Waals surface area contributed by atoms with E-state index in [0.29, 0.717) is 17.2 Å². The van der Waals surface area contributed by atoms with Crippen molar-refractivity contribution < 1.29 is 37.0 Å². The summed E-state index contributed by atoms with van der Waals surface area (Å²) >= 11 is 0. The molecule has 7 nitrogen and oxygen atoms in total. The molecule has 10 heteroatoms. The van der Waals surface area contributed by atoms with E-state index in [2.05, 4.69) is 0 Å². The number of hydrogen-bond acceptors (Lipinski definition) is 5. The van der Waals surface area contributed by atoms with E-state index in [1.54, 1.807) is 31.2 Å². The molecule has 2 amide bonds. The maximum Gasteiger partial charge on any atom is 0.471 e. The number of carbonyl (C=O) groups is 2. The van der Waals surface area contributed by atoms with Gasteiger partial charge in [0.25, 0.3) is 0 Å². The second-order valence-corrected chi connectivity index (χ2v) is 9.90. The Kier molecular flexibility index (Phi) is 7.49. The lowest BCUT2D eigenvalue weighted by Crippen LogP contribution is -2.54. The summed E-state index contributed by atoms with van der Waals surface area (Å²) < 4.78 is 57.3.